The summed E-state index contributed by atoms with van der Waals surface area (Å²) in [5, 5.41) is 4.96. The second-order valence-electron chi connectivity index (χ2n) is 5.09. The highest BCUT2D eigenvalue weighted by molar-refractivity contribution is 7.98. The summed E-state index contributed by atoms with van der Waals surface area (Å²) in [6.45, 7) is 0.384. The van der Waals surface area contributed by atoms with Gasteiger partial charge in [-0.15, -0.1) is 11.8 Å². The molecule has 0 aliphatic heterocycles. The number of nitrogens with zero attached hydrogens (tertiary/aromatic N) is 1. The lowest BCUT2D eigenvalue weighted by atomic mass is 10.2. The molecular formula is C18H18Cl2N2O2S. The van der Waals surface area contributed by atoms with Crippen LogP contribution in [-0.2, 0) is 4.79 Å². The molecule has 4 nitrogen and oxygen atoms in total. The predicted octanol–water partition coefficient (Wildman–Crippen LogP) is 5.02. The average molecular weight is 397 g/mol. The van der Waals surface area contributed by atoms with Crippen molar-refractivity contribution >= 4 is 47.1 Å². The van der Waals surface area contributed by atoms with E-state index in [2.05, 4.69) is 10.5 Å². The van der Waals surface area contributed by atoms with Crippen molar-refractivity contribution in [2.24, 2.45) is 5.10 Å². The smallest absolute Gasteiger partial charge is 0.240 e. The molecule has 0 saturated heterocycles. The van der Waals surface area contributed by atoms with Crippen molar-refractivity contribution in [2.45, 2.75) is 17.7 Å². The molecule has 0 unspecified atom stereocenters. The Morgan fingerprint density at radius 3 is 2.68 bits per heavy atom. The summed E-state index contributed by atoms with van der Waals surface area (Å²) in [5.41, 5.74) is 3.43. The van der Waals surface area contributed by atoms with Crippen LogP contribution in [0.25, 0.3) is 0 Å². The van der Waals surface area contributed by atoms with Gasteiger partial charge in [-0.25, -0.2) is 5.43 Å². The fraction of sp³-hybridized carbons (Fsp3) is 0.222. The number of rotatable bonds is 8. The maximum Gasteiger partial charge on any atom is 0.240 e. The zero-order valence-corrected chi connectivity index (χ0v) is 16.0. The second kappa shape index (κ2) is 10.3. The number of nitrogens with one attached hydrogen (secondary N) is 1. The lowest BCUT2D eigenvalue weighted by Crippen LogP contribution is -2.18. The third-order valence-corrected chi connectivity index (χ3v) is 4.49. The highest BCUT2D eigenvalue weighted by Gasteiger charge is 2.04. The van der Waals surface area contributed by atoms with Crippen LogP contribution in [-0.4, -0.2) is 25.0 Å². The van der Waals surface area contributed by atoms with E-state index in [1.807, 2.05) is 30.5 Å². The SMILES string of the molecule is CSc1ccc(/C=N\NC(=O)CCCOc2ccc(Cl)cc2Cl)cc1. The Morgan fingerprint density at radius 2 is 2.00 bits per heavy atom. The van der Waals surface area contributed by atoms with Gasteiger partial charge in [0, 0.05) is 16.3 Å². The minimum atomic E-state index is -0.164. The molecule has 1 N–H and O–H groups in total. The molecule has 0 spiro atoms. The Labute approximate surface area is 161 Å². The highest BCUT2D eigenvalue weighted by Crippen LogP contribution is 2.27. The minimum absolute atomic E-state index is 0.164. The molecule has 132 valence electrons. The van der Waals surface area contributed by atoms with Crippen LogP contribution in [0.3, 0.4) is 0 Å². The van der Waals surface area contributed by atoms with Crippen LogP contribution in [0, 0.1) is 0 Å². The van der Waals surface area contributed by atoms with Crippen LogP contribution in [0.5, 0.6) is 5.75 Å². The van der Waals surface area contributed by atoms with E-state index in [0.29, 0.717) is 35.2 Å². The molecule has 0 bridgehead atoms. The van der Waals surface area contributed by atoms with E-state index in [9.17, 15) is 4.79 Å². The lowest BCUT2D eigenvalue weighted by molar-refractivity contribution is -0.121. The standard InChI is InChI=1S/C18H18Cl2N2O2S/c1-25-15-7-4-13(5-8-15)12-21-22-18(23)3-2-10-24-17-9-6-14(19)11-16(17)20/h4-9,11-12H,2-3,10H2,1H3,(H,22,23)/b21-12-. The number of hydrogen-bond acceptors (Lipinski definition) is 4. The molecule has 2 aromatic carbocycles. The Kier molecular flexibility index (Phi) is 8.12. The Balaban J connectivity index is 1.67. The summed E-state index contributed by atoms with van der Waals surface area (Å²) in [7, 11) is 0. The van der Waals surface area contributed by atoms with Crippen molar-refractivity contribution in [2.75, 3.05) is 12.9 Å². The van der Waals surface area contributed by atoms with Crippen LogP contribution < -0.4 is 10.2 Å². The van der Waals surface area contributed by atoms with Gasteiger partial charge in [0.05, 0.1) is 17.8 Å². The van der Waals surface area contributed by atoms with Crippen molar-refractivity contribution in [3.8, 4) is 5.75 Å². The van der Waals surface area contributed by atoms with Crippen LogP contribution in [0.1, 0.15) is 18.4 Å². The number of thioether (sulfide) groups is 1. The molecule has 0 fully saturated rings. The first kappa shape index (κ1) is 19.6. The van der Waals surface area contributed by atoms with E-state index in [1.165, 1.54) is 4.90 Å². The number of hydrazone groups is 1. The van der Waals surface area contributed by atoms with E-state index in [4.69, 9.17) is 27.9 Å². The Bertz CT molecular complexity index is 736. The molecule has 0 aliphatic rings. The normalized spacial score (nSPS) is 10.8. The van der Waals surface area contributed by atoms with Gasteiger partial charge >= 0.3 is 0 Å². The zero-order valence-electron chi connectivity index (χ0n) is 13.7. The van der Waals surface area contributed by atoms with Crippen LogP contribution in [0.2, 0.25) is 10.0 Å². The molecule has 2 aromatic rings. The van der Waals surface area contributed by atoms with Gasteiger partial charge in [-0.3, -0.25) is 4.79 Å². The van der Waals surface area contributed by atoms with Crippen molar-refractivity contribution < 1.29 is 9.53 Å². The van der Waals surface area contributed by atoms with E-state index in [0.717, 1.165) is 5.56 Å². The summed E-state index contributed by atoms with van der Waals surface area (Å²) >= 11 is 13.5. The molecule has 7 heteroatoms. The average Bonchev–Trinajstić information content (AvgIpc) is 2.61. The van der Waals surface area contributed by atoms with E-state index in [1.54, 1.807) is 36.2 Å². The van der Waals surface area contributed by atoms with Crippen LogP contribution in [0.4, 0.5) is 0 Å². The summed E-state index contributed by atoms with van der Waals surface area (Å²) < 4.78 is 5.53. The van der Waals surface area contributed by atoms with E-state index < -0.39 is 0 Å². The van der Waals surface area contributed by atoms with Crippen LogP contribution in [0.15, 0.2) is 52.5 Å². The first-order valence-electron chi connectivity index (χ1n) is 7.62. The van der Waals surface area contributed by atoms with E-state index in [-0.39, 0.29) is 5.91 Å². The van der Waals surface area contributed by atoms with Gasteiger partial charge in [0.1, 0.15) is 5.75 Å². The Hall–Kier alpha value is -1.69. The molecule has 0 atom stereocenters. The van der Waals surface area contributed by atoms with Gasteiger partial charge in [-0.1, -0.05) is 35.3 Å². The molecular weight excluding hydrogens is 379 g/mol. The lowest BCUT2D eigenvalue weighted by Gasteiger charge is -2.07. The van der Waals surface area contributed by atoms with Crippen molar-refractivity contribution in [1.82, 2.24) is 5.43 Å². The summed E-state index contributed by atoms with van der Waals surface area (Å²) in [6, 6.07) is 12.9. The van der Waals surface area contributed by atoms with Crippen molar-refractivity contribution in [1.29, 1.82) is 0 Å². The molecule has 1 amide bonds. The van der Waals surface area contributed by atoms with Crippen molar-refractivity contribution in [3.63, 3.8) is 0 Å². The molecule has 25 heavy (non-hydrogen) atoms. The largest absolute Gasteiger partial charge is 0.492 e. The maximum atomic E-state index is 11.7. The third-order valence-electron chi connectivity index (χ3n) is 3.22. The Morgan fingerprint density at radius 1 is 1.24 bits per heavy atom. The molecule has 0 saturated carbocycles. The number of carbonyl (C=O) groups excluding carboxylic acids is 1. The number of hydrogen-bond donors (Lipinski definition) is 1. The number of carbonyl (C=O) groups is 1. The van der Waals surface area contributed by atoms with Gasteiger partial charge in [-0.05, 0) is 48.6 Å². The molecule has 0 heterocycles. The molecule has 0 aliphatic carbocycles. The fourth-order valence-corrected chi connectivity index (χ4v) is 2.80. The number of benzene rings is 2. The maximum absolute atomic E-state index is 11.7. The van der Waals surface area contributed by atoms with Gasteiger partial charge in [0.2, 0.25) is 5.91 Å². The van der Waals surface area contributed by atoms with Gasteiger partial charge in [-0.2, -0.15) is 5.10 Å². The fourth-order valence-electron chi connectivity index (χ4n) is 1.93. The van der Waals surface area contributed by atoms with Crippen LogP contribution >= 0.6 is 35.0 Å². The monoisotopic (exact) mass is 396 g/mol. The highest BCUT2D eigenvalue weighted by atomic mass is 35.5. The molecule has 0 aromatic heterocycles. The molecule has 2 rings (SSSR count). The topological polar surface area (TPSA) is 50.7 Å². The minimum Gasteiger partial charge on any atom is -0.492 e. The van der Waals surface area contributed by atoms with Gasteiger partial charge < -0.3 is 4.74 Å². The summed E-state index contributed by atoms with van der Waals surface area (Å²) in [5.74, 6) is 0.390. The number of ether oxygens (including phenoxy) is 1. The molecule has 0 radical (unpaired) electrons. The predicted molar refractivity (Wildman–Crippen MR) is 105 cm³/mol. The summed E-state index contributed by atoms with van der Waals surface area (Å²) in [6.07, 6.45) is 4.51. The van der Waals surface area contributed by atoms with Crippen molar-refractivity contribution in [3.05, 3.63) is 58.1 Å². The summed E-state index contributed by atoms with van der Waals surface area (Å²) in [4.78, 5) is 12.9. The number of halogens is 2. The first-order chi connectivity index (χ1) is 12.1. The zero-order chi connectivity index (χ0) is 18.1. The first-order valence-corrected chi connectivity index (χ1v) is 9.60. The van der Waals surface area contributed by atoms with Gasteiger partial charge in [0.15, 0.2) is 0 Å². The number of amides is 1. The quantitative estimate of drug-likeness (QED) is 0.294. The third kappa shape index (κ3) is 6.98. The van der Waals surface area contributed by atoms with Gasteiger partial charge in [0.25, 0.3) is 0 Å². The second-order valence-corrected chi connectivity index (χ2v) is 6.82. The van der Waals surface area contributed by atoms with E-state index >= 15 is 0 Å².